The summed E-state index contributed by atoms with van der Waals surface area (Å²) in [6, 6.07) is 45.2. The maximum absolute atomic E-state index is 5.33. The van der Waals surface area contributed by atoms with Gasteiger partial charge in [0.05, 0.1) is 28.3 Å². The summed E-state index contributed by atoms with van der Waals surface area (Å²) >= 11 is 0. The predicted octanol–water partition coefficient (Wildman–Crippen LogP) is 8.75. The number of rotatable bonds is 5. The summed E-state index contributed by atoms with van der Waals surface area (Å²) in [6.45, 7) is 0. The minimum Gasteiger partial charge on any atom is -0.264 e. The molecule has 0 aliphatic rings. The standard InChI is InChI=1S/C36H24N4/c1-3-11-27(12-4-1)33-34(28-13-5-2-6-14-28)40-36(32-22-21-26-10-7-8-16-31(26)38-32)35(39-33)29-19-17-25(18-20-29)30-15-9-23-37-24-30/h1-24H. The van der Waals surface area contributed by atoms with Crippen LogP contribution >= 0.6 is 0 Å². The topological polar surface area (TPSA) is 51.6 Å². The first-order valence-corrected chi connectivity index (χ1v) is 13.2. The molecule has 188 valence electrons. The summed E-state index contributed by atoms with van der Waals surface area (Å²) in [7, 11) is 0. The summed E-state index contributed by atoms with van der Waals surface area (Å²) in [5.74, 6) is 0. The van der Waals surface area contributed by atoms with Crippen LogP contribution in [0.1, 0.15) is 0 Å². The van der Waals surface area contributed by atoms with Gasteiger partial charge in [0.15, 0.2) is 0 Å². The Hall–Kier alpha value is -5.48. The van der Waals surface area contributed by atoms with Gasteiger partial charge in [-0.05, 0) is 29.3 Å². The van der Waals surface area contributed by atoms with Crippen LogP contribution in [0.3, 0.4) is 0 Å². The van der Waals surface area contributed by atoms with Crippen molar-refractivity contribution in [3.63, 3.8) is 0 Å². The zero-order chi connectivity index (χ0) is 26.7. The Morgan fingerprint density at radius 2 is 0.900 bits per heavy atom. The van der Waals surface area contributed by atoms with Crippen molar-refractivity contribution in [3.05, 3.63) is 146 Å². The van der Waals surface area contributed by atoms with Gasteiger partial charge in [0.2, 0.25) is 0 Å². The number of para-hydroxylation sites is 1. The highest BCUT2D eigenvalue weighted by molar-refractivity contribution is 5.88. The highest BCUT2D eigenvalue weighted by atomic mass is 14.9. The maximum Gasteiger partial charge on any atom is 0.116 e. The fourth-order valence-electron chi connectivity index (χ4n) is 4.96. The molecule has 0 spiro atoms. The van der Waals surface area contributed by atoms with Crippen LogP contribution in [0.4, 0.5) is 0 Å². The fourth-order valence-corrected chi connectivity index (χ4v) is 4.96. The second-order valence-electron chi connectivity index (χ2n) is 9.56. The van der Waals surface area contributed by atoms with E-state index in [9.17, 15) is 0 Å². The van der Waals surface area contributed by atoms with E-state index in [1.54, 1.807) is 6.20 Å². The fraction of sp³-hybridized carbons (Fsp3) is 0. The zero-order valence-electron chi connectivity index (χ0n) is 21.6. The predicted molar refractivity (Wildman–Crippen MR) is 162 cm³/mol. The highest BCUT2D eigenvalue weighted by Gasteiger charge is 2.20. The molecule has 0 aliphatic heterocycles. The summed E-state index contributed by atoms with van der Waals surface area (Å²) < 4.78 is 0. The normalized spacial score (nSPS) is 11.0. The molecule has 3 aromatic heterocycles. The van der Waals surface area contributed by atoms with Crippen LogP contribution in [0.2, 0.25) is 0 Å². The molecule has 0 atom stereocenters. The first kappa shape index (κ1) is 23.6. The van der Waals surface area contributed by atoms with E-state index in [0.29, 0.717) is 0 Å². The number of aromatic nitrogens is 4. The van der Waals surface area contributed by atoms with Gasteiger partial charge in [-0.2, -0.15) is 0 Å². The van der Waals surface area contributed by atoms with Gasteiger partial charge in [-0.1, -0.05) is 115 Å². The number of fused-ring (bicyclic) bond motifs is 1. The van der Waals surface area contributed by atoms with Gasteiger partial charge in [-0.3, -0.25) is 4.98 Å². The lowest BCUT2D eigenvalue weighted by atomic mass is 9.99. The van der Waals surface area contributed by atoms with E-state index in [4.69, 9.17) is 15.0 Å². The average molecular weight is 513 g/mol. The Morgan fingerprint density at radius 3 is 1.57 bits per heavy atom. The third-order valence-electron chi connectivity index (χ3n) is 6.98. The highest BCUT2D eigenvalue weighted by Crippen LogP contribution is 2.37. The Bertz CT molecular complexity index is 1920. The van der Waals surface area contributed by atoms with E-state index < -0.39 is 0 Å². The molecule has 7 rings (SSSR count). The van der Waals surface area contributed by atoms with Crippen LogP contribution in [0.5, 0.6) is 0 Å². The number of pyridine rings is 2. The van der Waals surface area contributed by atoms with Gasteiger partial charge in [0.25, 0.3) is 0 Å². The third kappa shape index (κ3) is 4.52. The number of hydrogen-bond donors (Lipinski definition) is 0. The number of benzene rings is 4. The van der Waals surface area contributed by atoms with E-state index in [0.717, 1.165) is 67.2 Å². The lowest BCUT2D eigenvalue weighted by Crippen LogP contribution is -2.02. The molecule has 0 saturated carbocycles. The molecule has 4 nitrogen and oxygen atoms in total. The van der Waals surface area contributed by atoms with Crippen molar-refractivity contribution in [1.29, 1.82) is 0 Å². The zero-order valence-corrected chi connectivity index (χ0v) is 21.6. The lowest BCUT2D eigenvalue weighted by Gasteiger charge is -2.16. The monoisotopic (exact) mass is 512 g/mol. The van der Waals surface area contributed by atoms with Crippen molar-refractivity contribution in [1.82, 2.24) is 19.9 Å². The maximum atomic E-state index is 5.33. The number of hydrogen-bond acceptors (Lipinski definition) is 4. The molecule has 0 aliphatic carbocycles. The van der Waals surface area contributed by atoms with Crippen LogP contribution in [0.15, 0.2) is 146 Å². The Kier molecular flexibility index (Phi) is 6.11. The minimum atomic E-state index is 0.749. The molecular weight excluding hydrogens is 488 g/mol. The van der Waals surface area contributed by atoms with Crippen LogP contribution in [0.25, 0.3) is 67.2 Å². The summed E-state index contributed by atoms with van der Waals surface area (Å²) in [6.07, 6.45) is 3.66. The van der Waals surface area contributed by atoms with Crippen LogP contribution in [0, 0.1) is 0 Å². The summed E-state index contributed by atoms with van der Waals surface area (Å²) in [5.41, 5.74) is 10.1. The van der Waals surface area contributed by atoms with Crippen molar-refractivity contribution in [2.24, 2.45) is 0 Å². The van der Waals surface area contributed by atoms with E-state index in [1.807, 2.05) is 72.9 Å². The molecular formula is C36H24N4. The van der Waals surface area contributed by atoms with Crippen LogP contribution in [-0.2, 0) is 0 Å². The van der Waals surface area contributed by atoms with E-state index >= 15 is 0 Å². The molecule has 0 fully saturated rings. The van der Waals surface area contributed by atoms with Crippen molar-refractivity contribution in [2.75, 3.05) is 0 Å². The third-order valence-corrected chi connectivity index (χ3v) is 6.98. The SMILES string of the molecule is c1ccc(-c2nc(-c3ccc(-c4cccnc4)cc3)c(-c3ccc4ccccc4n3)nc2-c2ccccc2)cc1. The van der Waals surface area contributed by atoms with Gasteiger partial charge >= 0.3 is 0 Å². The molecule has 0 saturated heterocycles. The summed E-state index contributed by atoms with van der Waals surface area (Å²) in [4.78, 5) is 19.9. The van der Waals surface area contributed by atoms with Crippen molar-refractivity contribution in [3.8, 4) is 56.3 Å². The second-order valence-corrected chi connectivity index (χ2v) is 9.56. The Labute approximate surface area is 232 Å². The average Bonchev–Trinajstić information content (AvgIpc) is 3.05. The van der Waals surface area contributed by atoms with Crippen LogP contribution in [-0.4, -0.2) is 19.9 Å². The van der Waals surface area contributed by atoms with Gasteiger partial charge in [0.1, 0.15) is 5.69 Å². The van der Waals surface area contributed by atoms with E-state index in [-0.39, 0.29) is 0 Å². The molecule has 0 amide bonds. The molecule has 3 heterocycles. The van der Waals surface area contributed by atoms with E-state index in [1.165, 1.54) is 0 Å². The largest absolute Gasteiger partial charge is 0.264 e. The minimum absolute atomic E-state index is 0.749. The van der Waals surface area contributed by atoms with Crippen LogP contribution < -0.4 is 0 Å². The number of nitrogens with zero attached hydrogens (tertiary/aromatic N) is 4. The Balaban J connectivity index is 1.48. The van der Waals surface area contributed by atoms with Gasteiger partial charge in [-0.15, -0.1) is 0 Å². The molecule has 40 heavy (non-hydrogen) atoms. The van der Waals surface area contributed by atoms with E-state index in [2.05, 4.69) is 71.7 Å². The Morgan fingerprint density at radius 1 is 0.350 bits per heavy atom. The van der Waals surface area contributed by atoms with Gasteiger partial charge < -0.3 is 0 Å². The molecule has 0 bridgehead atoms. The molecule has 0 radical (unpaired) electrons. The first-order valence-electron chi connectivity index (χ1n) is 13.2. The van der Waals surface area contributed by atoms with Crippen molar-refractivity contribution < 1.29 is 0 Å². The molecule has 7 aromatic rings. The van der Waals surface area contributed by atoms with Crippen molar-refractivity contribution in [2.45, 2.75) is 0 Å². The van der Waals surface area contributed by atoms with Gasteiger partial charge in [-0.25, -0.2) is 15.0 Å². The molecule has 4 aromatic carbocycles. The van der Waals surface area contributed by atoms with Crippen molar-refractivity contribution >= 4 is 10.9 Å². The lowest BCUT2D eigenvalue weighted by molar-refractivity contribution is 1.20. The second kappa shape index (κ2) is 10.4. The first-order chi connectivity index (χ1) is 19.8. The molecule has 0 N–H and O–H groups in total. The molecule has 4 heteroatoms. The van der Waals surface area contributed by atoms with Gasteiger partial charge in [0, 0.05) is 34.5 Å². The summed E-state index contributed by atoms with van der Waals surface area (Å²) in [5, 5.41) is 1.09. The smallest absolute Gasteiger partial charge is 0.116 e. The quantitative estimate of drug-likeness (QED) is 0.231. The molecule has 0 unspecified atom stereocenters.